The Morgan fingerprint density at radius 2 is 1.87 bits per heavy atom. The van der Waals surface area contributed by atoms with E-state index in [0.29, 0.717) is 32.1 Å². The first-order valence-corrected chi connectivity index (χ1v) is 13.9. The number of Topliss-reactive ketones (excluding diaryl/α,β-unsaturated/α-hetero) is 1. The lowest BCUT2D eigenvalue weighted by Gasteiger charge is -2.58. The topological polar surface area (TPSA) is 99.1 Å². The average molecular weight is 553 g/mol. The summed E-state index contributed by atoms with van der Waals surface area (Å²) in [5.41, 5.74) is -3.14. The fourth-order valence-electron chi connectivity index (χ4n) is 8.50. The molecule has 0 aromatic heterocycles. The number of esters is 2. The largest absolute Gasteiger partial charge is 0.508 e. The molecule has 0 spiro atoms. The van der Waals surface area contributed by atoms with Gasteiger partial charge in [-0.25, -0.2) is 9.18 Å². The minimum atomic E-state index is -1.42. The average Bonchev–Trinajstić information content (AvgIpc) is 3.39. The van der Waals surface area contributed by atoms with Crippen molar-refractivity contribution < 1.29 is 42.5 Å². The van der Waals surface area contributed by atoms with Crippen molar-refractivity contribution in [1.82, 2.24) is 0 Å². The predicted molar refractivity (Wildman–Crippen MR) is 135 cm³/mol. The molecule has 0 unspecified atom stereocenters. The van der Waals surface area contributed by atoms with Gasteiger partial charge in [-0.3, -0.25) is 9.59 Å². The number of halogens is 2. The molecule has 0 aromatic carbocycles. The van der Waals surface area contributed by atoms with Gasteiger partial charge >= 0.3 is 11.9 Å². The monoisotopic (exact) mass is 552 g/mol. The van der Waals surface area contributed by atoms with Crippen LogP contribution in [0.25, 0.3) is 0 Å². The van der Waals surface area contributed by atoms with Crippen LogP contribution >= 0.6 is 12.2 Å². The lowest BCUT2D eigenvalue weighted by atomic mass is 9.46. The zero-order chi connectivity index (χ0) is 27.8. The van der Waals surface area contributed by atoms with Crippen LogP contribution in [0.15, 0.2) is 23.0 Å². The van der Waals surface area contributed by atoms with Crippen molar-refractivity contribution >= 4 is 35.0 Å². The van der Waals surface area contributed by atoms with Crippen molar-refractivity contribution in [2.75, 3.05) is 6.61 Å². The lowest BCUT2D eigenvalue weighted by Crippen LogP contribution is -2.61. The van der Waals surface area contributed by atoms with Gasteiger partial charge in [-0.15, -0.1) is 0 Å². The number of aliphatic hydroxyl groups is 1. The summed E-state index contributed by atoms with van der Waals surface area (Å²) < 4.78 is 47.0. The maximum absolute atomic E-state index is 15.0. The highest BCUT2D eigenvalue weighted by Gasteiger charge is 2.72. The van der Waals surface area contributed by atoms with Crippen LogP contribution in [0.5, 0.6) is 0 Å². The second-order valence-corrected chi connectivity index (χ2v) is 12.3. The van der Waals surface area contributed by atoms with Crippen LogP contribution in [0.2, 0.25) is 0 Å². The van der Waals surface area contributed by atoms with Crippen molar-refractivity contribution in [3.8, 4) is 0 Å². The van der Waals surface area contributed by atoms with Gasteiger partial charge in [0, 0.05) is 24.2 Å². The first kappa shape index (κ1) is 27.2. The van der Waals surface area contributed by atoms with Crippen LogP contribution in [-0.2, 0) is 28.6 Å². The second kappa shape index (κ2) is 9.10. The molecule has 8 atom stereocenters. The van der Waals surface area contributed by atoms with Gasteiger partial charge in [0.05, 0.1) is 12.0 Å². The molecule has 5 rings (SSSR count). The van der Waals surface area contributed by atoms with E-state index in [2.05, 4.69) is 0 Å². The molecule has 10 heteroatoms. The zero-order valence-corrected chi connectivity index (χ0v) is 22.9. The fourth-order valence-corrected chi connectivity index (χ4v) is 9.09. The molecule has 0 aromatic rings. The summed E-state index contributed by atoms with van der Waals surface area (Å²) in [6.07, 6.45) is 1.92. The Bertz CT molecular complexity index is 1180. The number of cyclic esters (lactones) is 1. The Kier molecular flexibility index (Phi) is 6.52. The third kappa shape index (κ3) is 3.40. The third-order valence-corrected chi connectivity index (χ3v) is 10.8. The number of hydrogen-bond acceptors (Lipinski definition) is 8. The molecule has 4 aliphatic carbocycles. The summed E-state index contributed by atoms with van der Waals surface area (Å²) in [5, 5.41) is 10.9. The minimum Gasteiger partial charge on any atom is -0.508 e. The smallest absolute Gasteiger partial charge is 0.347 e. The highest BCUT2D eigenvalue weighted by molar-refractivity contribution is 7.80. The van der Waals surface area contributed by atoms with Gasteiger partial charge in [0.15, 0.2) is 17.5 Å². The number of hydrogen-bond donors (Lipinski definition) is 1. The molecule has 208 valence electrons. The highest BCUT2D eigenvalue weighted by atomic mass is 32.1. The number of rotatable bonds is 4. The van der Waals surface area contributed by atoms with E-state index in [-0.39, 0.29) is 53.7 Å². The summed E-state index contributed by atoms with van der Waals surface area (Å²) in [4.78, 5) is 37.1. The lowest BCUT2D eigenvalue weighted by molar-refractivity contribution is -0.176. The standard InChI is InChI=1S/C28H34F2O7S/c1-5-19(31)37-28(25(38)36-18-9-11-35-24(18)34)13(2)12-17-14-6-7-16-20(29)22(32)21(30)23(33)27(16,4)15(14)8-10-26(17,28)3/h13-15,17-18,33H,5-12H2,1-4H3/t13-,14-,15+,17+,18+,26+,27-,28+/m1/s1. The Morgan fingerprint density at radius 3 is 2.50 bits per heavy atom. The van der Waals surface area contributed by atoms with Crippen LogP contribution in [-0.4, -0.2) is 46.2 Å². The maximum atomic E-state index is 15.0. The van der Waals surface area contributed by atoms with Crippen LogP contribution < -0.4 is 0 Å². The summed E-state index contributed by atoms with van der Waals surface area (Å²) in [5.74, 6) is -6.27. The number of carbonyl (C=O) groups excluding carboxylic acids is 3. The van der Waals surface area contributed by atoms with E-state index in [1.165, 1.54) is 0 Å². The Labute approximate surface area is 225 Å². The molecular formula is C28H34F2O7S. The molecule has 0 radical (unpaired) electrons. The molecule has 1 aliphatic heterocycles. The third-order valence-electron chi connectivity index (χ3n) is 10.4. The molecule has 4 fully saturated rings. The van der Waals surface area contributed by atoms with Crippen molar-refractivity contribution in [3.05, 3.63) is 23.0 Å². The maximum Gasteiger partial charge on any atom is 0.347 e. The normalized spacial score (nSPS) is 42.3. The van der Waals surface area contributed by atoms with Gasteiger partial charge in [0.25, 0.3) is 5.78 Å². The van der Waals surface area contributed by atoms with Gasteiger partial charge in [0.2, 0.25) is 10.9 Å². The second-order valence-electron chi connectivity index (χ2n) is 11.9. The van der Waals surface area contributed by atoms with E-state index >= 15 is 0 Å². The predicted octanol–water partition coefficient (Wildman–Crippen LogP) is 5.37. The molecule has 1 heterocycles. The Morgan fingerprint density at radius 1 is 1.16 bits per heavy atom. The molecule has 1 saturated heterocycles. The summed E-state index contributed by atoms with van der Waals surface area (Å²) in [7, 11) is 0. The minimum absolute atomic E-state index is 0.0600. The molecule has 5 aliphatic rings. The molecule has 3 saturated carbocycles. The molecule has 0 bridgehead atoms. The number of allylic oxidation sites excluding steroid dienone is 3. The van der Waals surface area contributed by atoms with Gasteiger partial charge in [-0.2, -0.15) is 4.39 Å². The highest BCUT2D eigenvalue weighted by Crippen LogP contribution is 2.70. The number of carbonyl (C=O) groups is 3. The van der Waals surface area contributed by atoms with Crippen LogP contribution in [0, 0.1) is 34.5 Å². The van der Waals surface area contributed by atoms with Crippen LogP contribution in [0.4, 0.5) is 8.78 Å². The number of ether oxygens (including phenoxy) is 3. The molecule has 0 amide bonds. The SMILES string of the molecule is CCC(=O)O[C@]1(C(=S)O[C@H]2CCOC2=O)[C@H](C)C[C@H]2[C@@H]3CCC4=C(F)C(=O)C(F)=C(O)[C@]4(C)[C@H]3CC[C@@]21C. The molecular weight excluding hydrogens is 518 g/mol. The van der Waals surface area contributed by atoms with E-state index in [9.17, 15) is 28.3 Å². The summed E-state index contributed by atoms with van der Waals surface area (Å²) in [6.45, 7) is 7.54. The first-order valence-electron chi connectivity index (χ1n) is 13.5. The van der Waals surface area contributed by atoms with Gasteiger partial charge in [-0.1, -0.05) is 20.8 Å². The van der Waals surface area contributed by atoms with E-state index < -0.39 is 57.7 Å². The fraction of sp³-hybridized carbons (Fsp3) is 0.714. The van der Waals surface area contributed by atoms with E-state index in [1.807, 2.05) is 13.8 Å². The van der Waals surface area contributed by atoms with Crippen molar-refractivity contribution in [1.29, 1.82) is 0 Å². The number of aliphatic hydroxyl groups excluding tert-OH is 1. The molecule has 38 heavy (non-hydrogen) atoms. The summed E-state index contributed by atoms with van der Waals surface area (Å²) >= 11 is 5.82. The van der Waals surface area contributed by atoms with E-state index in [1.54, 1.807) is 13.8 Å². The summed E-state index contributed by atoms with van der Waals surface area (Å²) in [6, 6.07) is 0. The van der Waals surface area contributed by atoms with Crippen molar-refractivity contribution in [3.63, 3.8) is 0 Å². The zero-order valence-electron chi connectivity index (χ0n) is 22.1. The Hall–Kier alpha value is -2.36. The van der Waals surface area contributed by atoms with E-state index in [0.717, 1.165) is 0 Å². The van der Waals surface area contributed by atoms with Gasteiger partial charge in [-0.05, 0) is 74.6 Å². The Balaban J connectivity index is 1.55. The van der Waals surface area contributed by atoms with Crippen molar-refractivity contribution in [2.24, 2.45) is 34.5 Å². The van der Waals surface area contributed by atoms with Crippen molar-refractivity contribution in [2.45, 2.75) is 84.3 Å². The van der Waals surface area contributed by atoms with Crippen LogP contribution in [0.3, 0.4) is 0 Å². The van der Waals surface area contributed by atoms with Gasteiger partial charge < -0.3 is 19.3 Å². The van der Waals surface area contributed by atoms with Gasteiger partial charge in [0.1, 0.15) is 5.76 Å². The first-order chi connectivity index (χ1) is 17.8. The molecule has 1 N–H and O–H groups in total. The van der Waals surface area contributed by atoms with Crippen LogP contribution in [0.1, 0.15) is 72.6 Å². The van der Waals surface area contributed by atoms with E-state index in [4.69, 9.17) is 26.4 Å². The number of fused-ring (bicyclic) bond motifs is 5. The number of thiocarbonyl (C=S) groups is 1. The molecule has 7 nitrogen and oxygen atoms in total. The quantitative estimate of drug-likeness (QED) is 0.367. The number of ketones is 1.